The maximum Gasteiger partial charge on any atom is 0.342 e. The van der Waals surface area contributed by atoms with Crippen molar-refractivity contribution < 1.29 is 28.3 Å². The highest BCUT2D eigenvalue weighted by Crippen LogP contribution is 2.20. The molecule has 0 saturated carbocycles. The quantitative estimate of drug-likeness (QED) is 0.609. The largest absolute Gasteiger partial charge is 0.462 e. The minimum Gasteiger partial charge on any atom is -0.462 e. The topological polar surface area (TPSA) is 116 Å². The van der Waals surface area contributed by atoms with Crippen LogP contribution in [0.4, 0.5) is 0 Å². The van der Waals surface area contributed by atoms with Gasteiger partial charge in [0.2, 0.25) is 5.78 Å². The molecule has 2 aromatic rings. The number of rotatable bonds is 6. The van der Waals surface area contributed by atoms with E-state index in [-0.39, 0.29) is 23.6 Å². The van der Waals surface area contributed by atoms with Crippen LogP contribution in [0, 0.1) is 27.7 Å². The average molecular weight is 375 g/mol. The van der Waals surface area contributed by atoms with Crippen LogP contribution in [0.15, 0.2) is 15.3 Å². The Morgan fingerprint density at radius 1 is 1.04 bits per heavy atom. The predicted octanol–water partition coefficient (Wildman–Crippen LogP) is 2.42. The van der Waals surface area contributed by atoms with Crippen molar-refractivity contribution in [1.82, 2.24) is 4.98 Å². The van der Waals surface area contributed by atoms with Gasteiger partial charge in [-0.05, 0) is 45.7 Å². The number of aromatic nitrogens is 1. The molecule has 0 saturated heterocycles. The summed E-state index contributed by atoms with van der Waals surface area (Å²) in [5, 5.41) is 0. The molecule has 1 N–H and O–H groups in total. The Hall–Kier alpha value is -3.16. The van der Waals surface area contributed by atoms with Crippen LogP contribution in [0.2, 0.25) is 0 Å². The minimum absolute atomic E-state index is 0.106. The van der Waals surface area contributed by atoms with Gasteiger partial charge in [0.15, 0.2) is 6.61 Å². The molecule has 0 amide bonds. The Bertz CT molecular complexity index is 939. The minimum atomic E-state index is -0.770. The fraction of sp³-hybridized carbons (Fsp3) is 0.368. The first-order valence-corrected chi connectivity index (χ1v) is 8.35. The molecular weight excluding hydrogens is 354 g/mol. The number of esters is 2. The monoisotopic (exact) mass is 375 g/mol. The van der Waals surface area contributed by atoms with Crippen LogP contribution in [0.1, 0.15) is 60.7 Å². The lowest BCUT2D eigenvalue weighted by Gasteiger charge is -2.08. The number of hydrogen-bond donors (Lipinski definition) is 1. The number of carbonyl (C=O) groups excluding carboxylic acids is 3. The maximum atomic E-state index is 12.4. The first-order chi connectivity index (χ1) is 12.7. The average Bonchev–Trinajstić information content (AvgIpc) is 2.86. The lowest BCUT2D eigenvalue weighted by molar-refractivity contribution is 0.0467. The van der Waals surface area contributed by atoms with Gasteiger partial charge in [-0.25, -0.2) is 14.4 Å². The number of H-pyrrole nitrogens is 1. The van der Waals surface area contributed by atoms with Crippen LogP contribution in [-0.2, 0) is 9.47 Å². The first-order valence-electron chi connectivity index (χ1n) is 8.35. The molecule has 0 unspecified atom stereocenters. The van der Waals surface area contributed by atoms with Crippen LogP contribution in [0.3, 0.4) is 0 Å². The highest BCUT2D eigenvalue weighted by Gasteiger charge is 2.24. The number of ketones is 1. The van der Waals surface area contributed by atoms with Gasteiger partial charge < -0.3 is 18.9 Å². The Labute approximate surface area is 155 Å². The SMILES string of the molecule is CCOC(=O)c1c(C)[nH]c(C(=O)COC(=O)c2c(C)cc(=O)oc2C)c1C. The molecule has 0 atom stereocenters. The number of Topliss-reactive ketones (excluding diaryl/α,β-unsaturated/α-hetero) is 1. The maximum absolute atomic E-state index is 12.4. The van der Waals surface area contributed by atoms with E-state index in [2.05, 4.69) is 4.98 Å². The van der Waals surface area contributed by atoms with Crippen molar-refractivity contribution in [2.24, 2.45) is 0 Å². The number of aromatic amines is 1. The van der Waals surface area contributed by atoms with Crippen molar-refractivity contribution in [3.05, 3.63) is 55.9 Å². The van der Waals surface area contributed by atoms with E-state index in [0.717, 1.165) is 0 Å². The van der Waals surface area contributed by atoms with Gasteiger partial charge in [0, 0.05) is 11.8 Å². The van der Waals surface area contributed by atoms with Crippen LogP contribution in [-0.4, -0.2) is 35.9 Å². The summed E-state index contributed by atoms with van der Waals surface area (Å²) in [6, 6.07) is 1.18. The molecule has 2 rings (SSSR count). The van der Waals surface area contributed by atoms with Crippen molar-refractivity contribution in [2.75, 3.05) is 13.2 Å². The van der Waals surface area contributed by atoms with Crippen molar-refractivity contribution in [3.8, 4) is 0 Å². The molecule has 2 heterocycles. The van der Waals surface area contributed by atoms with Gasteiger partial charge >= 0.3 is 17.6 Å². The van der Waals surface area contributed by atoms with Crippen LogP contribution in [0.25, 0.3) is 0 Å². The summed E-state index contributed by atoms with van der Waals surface area (Å²) >= 11 is 0. The van der Waals surface area contributed by atoms with Crippen molar-refractivity contribution in [1.29, 1.82) is 0 Å². The highest BCUT2D eigenvalue weighted by molar-refractivity contribution is 6.03. The Morgan fingerprint density at radius 3 is 2.26 bits per heavy atom. The van der Waals surface area contributed by atoms with Crippen molar-refractivity contribution in [3.63, 3.8) is 0 Å². The summed E-state index contributed by atoms with van der Waals surface area (Å²) < 4.78 is 14.9. The third-order valence-electron chi connectivity index (χ3n) is 4.07. The van der Waals surface area contributed by atoms with Gasteiger partial charge in [0.25, 0.3) is 0 Å². The van der Waals surface area contributed by atoms with Crippen LogP contribution in [0.5, 0.6) is 0 Å². The number of aryl methyl sites for hydroxylation is 3. The normalized spacial score (nSPS) is 10.6. The van der Waals surface area contributed by atoms with E-state index in [9.17, 15) is 19.2 Å². The third-order valence-corrected chi connectivity index (χ3v) is 4.07. The summed E-state index contributed by atoms with van der Waals surface area (Å²) in [7, 11) is 0. The molecule has 0 aliphatic heterocycles. The highest BCUT2D eigenvalue weighted by atomic mass is 16.5. The lowest BCUT2D eigenvalue weighted by Crippen LogP contribution is -2.18. The van der Waals surface area contributed by atoms with Crippen molar-refractivity contribution >= 4 is 17.7 Å². The second-order valence-electron chi connectivity index (χ2n) is 6.02. The van der Waals surface area contributed by atoms with Gasteiger partial charge in [0.1, 0.15) is 11.3 Å². The Balaban J connectivity index is 2.17. The van der Waals surface area contributed by atoms with Gasteiger partial charge in [-0.2, -0.15) is 0 Å². The fourth-order valence-electron chi connectivity index (χ4n) is 2.88. The second-order valence-corrected chi connectivity index (χ2v) is 6.02. The molecule has 0 bridgehead atoms. The van der Waals surface area contributed by atoms with Gasteiger partial charge in [-0.3, -0.25) is 4.79 Å². The summed E-state index contributed by atoms with van der Waals surface area (Å²) in [6.45, 7) is 7.70. The predicted molar refractivity (Wildman–Crippen MR) is 95.3 cm³/mol. The molecule has 8 nitrogen and oxygen atoms in total. The van der Waals surface area contributed by atoms with Crippen molar-refractivity contribution in [2.45, 2.75) is 34.6 Å². The molecule has 0 radical (unpaired) electrons. The molecule has 27 heavy (non-hydrogen) atoms. The molecule has 0 aromatic carbocycles. The first kappa shape index (κ1) is 20.2. The van der Waals surface area contributed by atoms with Crippen LogP contribution < -0.4 is 5.63 Å². The van der Waals surface area contributed by atoms with E-state index >= 15 is 0 Å². The molecule has 0 aliphatic rings. The second kappa shape index (κ2) is 8.03. The zero-order valence-electron chi connectivity index (χ0n) is 15.8. The number of nitrogens with one attached hydrogen (secondary N) is 1. The number of ether oxygens (including phenoxy) is 2. The molecule has 2 aromatic heterocycles. The standard InChI is InChI=1S/C19H21NO7/c1-6-25-19(24)16-10(3)17(20-11(16)4)13(21)8-26-18(23)15-9(2)7-14(22)27-12(15)5/h7,20H,6,8H2,1-5H3. The third kappa shape index (κ3) is 4.16. The lowest BCUT2D eigenvalue weighted by atomic mass is 10.1. The summed E-state index contributed by atoms with van der Waals surface area (Å²) in [6.07, 6.45) is 0. The van der Waals surface area contributed by atoms with Gasteiger partial charge in [-0.15, -0.1) is 0 Å². The molecule has 0 fully saturated rings. The van der Waals surface area contributed by atoms with Gasteiger partial charge in [-0.1, -0.05) is 0 Å². The zero-order valence-corrected chi connectivity index (χ0v) is 15.8. The summed E-state index contributed by atoms with van der Waals surface area (Å²) in [5.74, 6) is -1.67. The van der Waals surface area contributed by atoms with E-state index in [1.807, 2.05) is 0 Å². The van der Waals surface area contributed by atoms with Crippen LogP contribution >= 0.6 is 0 Å². The number of hydrogen-bond acceptors (Lipinski definition) is 7. The van der Waals surface area contributed by atoms with E-state index < -0.39 is 30.0 Å². The molecular formula is C19H21NO7. The molecule has 0 aliphatic carbocycles. The van der Waals surface area contributed by atoms with E-state index in [4.69, 9.17) is 13.9 Å². The molecule has 0 spiro atoms. The summed E-state index contributed by atoms with van der Waals surface area (Å²) in [5.41, 5.74) is 1.34. The molecule has 144 valence electrons. The van der Waals surface area contributed by atoms with E-state index in [1.165, 1.54) is 13.0 Å². The Kier molecular flexibility index (Phi) is 5.99. The summed E-state index contributed by atoms with van der Waals surface area (Å²) in [4.78, 5) is 50.8. The molecule has 8 heteroatoms. The Morgan fingerprint density at radius 2 is 1.67 bits per heavy atom. The smallest absolute Gasteiger partial charge is 0.342 e. The van der Waals surface area contributed by atoms with Gasteiger partial charge in [0.05, 0.1) is 17.9 Å². The zero-order chi connectivity index (χ0) is 20.3. The van der Waals surface area contributed by atoms with E-state index in [0.29, 0.717) is 22.4 Å². The number of carbonyl (C=O) groups is 3. The van der Waals surface area contributed by atoms with E-state index in [1.54, 1.807) is 27.7 Å². The fourth-order valence-corrected chi connectivity index (χ4v) is 2.88.